The third kappa shape index (κ3) is 1.90. The highest BCUT2D eigenvalue weighted by atomic mass is 35.5. The zero-order valence-electron chi connectivity index (χ0n) is 7.42. The van der Waals surface area contributed by atoms with Crippen molar-refractivity contribution in [3.8, 4) is 0 Å². The lowest BCUT2D eigenvalue weighted by molar-refractivity contribution is -0.139. The average Bonchev–Trinajstić information content (AvgIpc) is 2.19. The minimum absolute atomic E-state index is 0.134. The highest BCUT2D eigenvalue weighted by molar-refractivity contribution is 6.22. The lowest BCUT2D eigenvalue weighted by Gasteiger charge is -2.30. The van der Waals surface area contributed by atoms with Gasteiger partial charge >= 0.3 is 5.97 Å². The molecule has 0 amide bonds. The first kappa shape index (κ1) is 11.5. The van der Waals surface area contributed by atoms with E-state index in [2.05, 4.69) is 4.74 Å². The standard InChI is InChI=1S/C8H11ClO5/c1-14-8(13)3-2-4(9)6(11)7(12)5(3)10/h2,4-7,10-12H,1H3/t4-,5+,6+,7-/m1/s1. The van der Waals surface area contributed by atoms with Gasteiger partial charge in [0.25, 0.3) is 0 Å². The van der Waals surface area contributed by atoms with Crippen LogP contribution < -0.4 is 0 Å². The van der Waals surface area contributed by atoms with Crippen LogP contribution in [0.25, 0.3) is 0 Å². The Hall–Kier alpha value is -0.620. The molecule has 0 radical (unpaired) electrons. The Balaban J connectivity index is 2.95. The van der Waals surface area contributed by atoms with E-state index in [1.54, 1.807) is 0 Å². The van der Waals surface area contributed by atoms with Crippen LogP contribution in [0, 0.1) is 0 Å². The van der Waals surface area contributed by atoms with Gasteiger partial charge in [-0.3, -0.25) is 0 Å². The van der Waals surface area contributed by atoms with Crippen molar-refractivity contribution in [3.05, 3.63) is 11.6 Å². The van der Waals surface area contributed by atoms with Crippen LogP contribution >= 0.6 is 11.6 Å². The van der Waals surface area contributed by atoms with Crippen molar-refractivity contribution in [2.24, 2.45) is 0 Å². The summed E-state index contributed by atoms with van der Waals surface area (Å²) >= 11 is 5.62. The molecule has 1 rings (SSSR count). The summed E-state index contributed by atoms with van der Waals surface area (Å²) in [7, 11) is 1.15. The molecule has 6 heteroatoms. The van der Waals surface area contributed by atoms with Crippen LogP contribution in [-0.4, -0.2) is 52.1 Å². The summed E-state index contributed by atoms with van der Waals surface area (Å²) in [6.07, 6.45) is -3.06. The monoisotopic (exact) mass is 222 g/mol. The molecule has 0 bridgehead atoms. The third-order valence-corrected chi connectivity index (χ3v) is 2.46. The Bertz CT molecular complexity index is 264. The predicted octanol–water partition coefficient (Wildman–Crippen LogP) is -1.21. The molecule has 0 aromatic carbocycles. The molecule has 1 aliphatic rings. The maximum Gasteiger partial charge on any atom is 0.336 e. The fourth-order valence-corrected chi connectivity index (χ4v) is 1.52. The number of methoxy groups -OCH3 is 1. The summed E-state index contributed by atoms with van der Waals surface area (Å²) in [5.41, 5.74) is -0.134. The van der Waals surface area contributed by atoms with Crippen LogP contribution in [0.5, 0.6) is 0 Å². The second-order valence-electron chi connectivity index (χ2n) is 2.98. The molecule has 0 heterocycles. The molecule has 5 nitrogen and oxygen atoms in total. The quantitative estimate of drug-likeness (QED) is 0.383. The number of alkyl halides is 1. The smallest absolute Gasteiger partial charge is 0.336 e. The number of aliphatic hydroxyl groups is 3. The van der Waals surface area contributed by atoms with Crippen molar-refractivity contribution in [3.63, 3.8) is 0 Å². The highest BCUT2D eigenvalue weighted by Crippen LogP contribution is 2.24. The Morgan fingerprint density at radius 2 is 2.00 bits per heavy atom. The van der Waals surface area contributed by atoms with Crippen molar-refractivity contribution in [2.75, 3.05) is 7.11 Å². The summed E-state index contributed by atoms with van der Waals surface area (Å²) in [5.74, 6) is -0.769. The largest absolute Gasteiger partial charge is 0.466 e. The number of hydrogen-bond acceptors (Lipinski definition) is 5. The maximum atomic E-state index is 11.1. The van der Waals surface area contributed by atoms with Gasteiger partial charge in [0.05, 0.1) is 18.1 Å². The van der Waals surface area contributed by atoms with E-state index < -0.39 is 29.7 Å². The van der Waals surface area contributed by atoms with Crippen molar-refractivity contribution in [2.45, 2.75) is 23.7 Å². The number of rotatable bonds is 1. The van der Waals surface area contributed by atoms with Gasteiger partial charge in [0.15, 0.2) is 0 Å². The van der Waals surface area contributed by atoms with Crippen LogP contribution in [0.3, 0.4) is 0 Å². The fourth-order valence-electron chi connectivity index (χ4n) is 1.23. The number of halogens is 1. The minimum atomic E-state index is -1.48. The Labute approximate surface area is 85.6 Å². The van der Waals surface area contributed by atoms with Gasteiger partial charge in [0.1, 0.15) is 18.3 Å². The van der Waals surface area contributed by atoms with E-state index in [4.69, 9.17) is 11.6 Å². The molecule has 14 heavy (non-hydrogen) atoms. The molecule has 3 N–H and O–H groups in total. The third-order valence-electron chi connectivity index (χ3n) is 2.08. The van der Waals surface area contributed by atoms with E-state index in [9.17, 15) is 20.1 Å². The number of hydrogen-bond donors (Lipinski definition) is 3. The summed E-state index contributed by atoms with van der Waals surface area (Å²) < 4.78 is 4.37. The van der Waals surface area contributed by atoms with Gasteiger partial charge in [-0.25, -0.2) is 4.79 Å². The lowest BCUT2D eigenvalue weighted by atomic mass is 9.91. The van der Waals surface area contributed by atoms with Crippen molar-refractivity contribution in [1.82, 2.24) is 0 Å². The van der Waals surface area contributed by atoms with E-state index in [0.29, 0.717) is 0 Å². The van der Waals surface area contributed by atoms with Gasteiger partial charge in [-0.1, -0.05) is 6.08 Å². The first-order chi connectivity index (χ1) is 6.49. The SMILES string of the molecule is COC(=O)C1=C[C@@H](Cl)[C@H](O)[C@H](O)[C@H]1O. The first-order valence-corrected chi connectivity index (χ1v) is 4.41. The second-order valence-corrected chi connectivity index (χ2v) is 3.49. The lowest BCUT2D eigenvalue weighted by Crippen LogP contribution is -2.48. The van der Waals surface area contributed by atoms with Crippen LogP contribution in [0.2, 0.25) is 0 Å². The number of esters is 1. The topological polar surface area (TPSA) is 87.0 Å². The van der Waals surface area contributed by atoms with E-state index in [1.165, 1.54) is 6.08 Å². The van der Waals surface area contributed by atoms with E-state index in [0.717, 1.165) is 7.11 Å². The summed E-state index contributed by atoms with van der Waals surface area (Å²) in [6.45, 7) is 0. The molecule has 80 valence electrons. The molecule has 0 aromatic heterocycles. The van der Waals surface area contributed by atoms with E-state index >= 15 is 0 Å². The van der Waals surface area contributed by atoms with Crippen LogP contribution in [0.4, 0.5) is 0 Å². The van der Waals surface area contributed by atoms with Gasteiger partial charge in [-0.05, 0) is 0 Å². The molecule has 0 unspecified atom stereocenters. The Morgan fingerprint density at radius 1 is 1.43 bits per heavy atom. The van der Waals surface area contributed by atoms with Crippen molar-refractivity contribution < 1.29 is 24.9 Å². The van der Waals surface area contributed by atoms with Crippen LogP contribution in [0.15, 0.2) is 11.6 Å². The minimum Gasteiger partial charge on any atom is -0.466 e. The first-order valence-electron chi connectivity index (χ1n) is 3.97. The summed E-state index contributed by atoms with van der Waals surface area (Å²) in [5, 5.41) is 27.0. The summed E-state index contributed by atoms with van der Waals surface area (Å²) in [6, 6.07) is 0. The van der Waals surface area contributed by atoms with E-state index in [1.807, 2.05) is 0 Å². The number of carbonyl (C=O) groups is 1. The van der Waals surface area contributed by atoms with Crippen LogP contribution in [-0.2, 0) is 9.53 Å². The van der Waals surface area contributed by atoms with Crippen molar-refractivity contribution >= 4 is 17.6 Å². The number of ether oxygens (including phenoxy) is 1. The molecule has 0 fully saturated rings. The second kappa shape index (κ2) is 4.27. The number of carbonyl (C=O) groups excluding carboxylic acids is 1. The van der Waals surface area contributed by atoms with Gasteiger partial charge in [-0.15, -0.1) is 11.6 Å². The Kier molecular flexibility index (Phi) is 3.49. The molecule has 1 aliphatic carbocycles. The highest BCUT2D eigenvalue weighted by Gasteiger charge is 2.39. The normalized spacial score (nSPS) is 37.6. The molecular weight excluding hydrogens is 212 g/mol. The summed E-state index contributed by atoms with van der Waals surface area (Å²) in [4.78, 5) is 11.1. The average molecular weight is 223 g/mol. The zero-order valence-corrected chi connectivity index (χ0v) is 8.18. The van der Waals surface area contributed by atoms with Gasteiger partial charge < -0.3 is 20.1 Å². The number of aliphatic hydroxyl groups excluding tert-OH is 3. The van der Waals surface area contributed by atoms with Crippen LogP contribution in [0.1, 0.15) is 0 Å². The van der Waals surface area contributed by atoms with Gasteiger partial charge in [-0.2, -0.15) is 0 Å². The zero-order chi connectivity index (χ0) is 10.9. The molecular formula is C8H11ClO5. The molecule has 0 spiro atoms. The van der Waals surface area contributed by atoms with E-state index in [-0.39, 0.29) is 5.57 Å². The molecule has 0 saturated heterocycles. The molecule has 0 aliphatic heterocycles. The molecule has 0 saturated carbocycles. The van der Waals surface area contributed by atoms with Gasteiger partial charge in [0, 0.05) is 0 Å². The molecule has 4 atom stereocenters. The Morgan fingerprint density at radius 3 is 2.50 bits per heavy atom. The fraction of sp³-hybridized carbons (Fsp3) is 0.625. The maximum absolute atomic E-state index is 11.1. The molecule has 0 aromatic rings. The van der Waals surface area contributed by atoms with Crippen molar-refractivity contribution in [1.29, 1.82) is 0 Å². The predicted molar refractivity (Wildman–Crippen MR) is 47.8 cm³/mol. The van der Waals surface area contributed by atoms with Gasteiger partial charge in [0.2, 0.25) is 0 Å².